The molecule has 0 saturated carbocycles. The van der Waals surface area contributed by atoms with Gasteiger partial charge in [0.25, 0.3) is 0 Å². The minimum Gasteiger partial charge on any atom is -0.338 e. The molecular weight excluding hydrogens is 289 g/mol. The highest BCUT2D eigenvalue weighted by molar-refractivity contribution is 5.62. The van der Waals surface area contributed by atoms with Crippen molar-refractivity contribution in [3.05, 3.63) is 53.2 Å². The van der Waals surface area contributed by atoms with Crippen LogP contribution in [0.1, 0.15) is 25.8 Å². The average Bonchev–Trinajstić information content (AvgIpc) is 2.90. The molecule has 2 nitrogen and oxygen atoms in total. The van der Waals surface area contributed by atoms with Gasteiger partial charge in [0.2, 0.25) is 0 Å². The van der Waals surface area contributed by atoms with Gasteiger partial charge in [-0.05, 0) is 31.1 Å². The lowest BCUT2D eigenvalue weighted by Crippen LogP contribution is -2.26. The Morgan fingerprint density at radius 3 is 2.59 bits per heavy atom. The molecule has 1 aromatic heterocycles. The Morgan fingerprint density at radius 2 is 2.00 bits per heavy atom. The fourth-order valence-corrected chi connectivity index (χ4v) is 2.18. The number of hydrogen-bond acceptors (Lipinski definition) is 1. The Balaban J connectivity index is 2.77. The molecule has 5 heteroatoms. The molecule has 0 radical (unpaired) electrons. The lowest BCUT2D eigenvalue weighted by atomic mass is 10.1. The number of nitrogens with zero attached hydrogens (tertiary/aromatic N) is 1. The largest absolute Gasteiger partial charge is 0.417 e. The van der Waals surface area contributed by atoms with Gasteiger partial charge in [-0.15, -0.1) is 0 Å². The predicted octanol–water partition coefficient (Wildman–Crippen LogP) is 3.64. The molecule has 116 valence electrons. The van der Waals surface area contributed by atoms with Gasteiger partial charge in [-0.25, -0.2) is 4.98 Å². The highest BCUT2D eigenvalue weighted by Crippen LogP contribution is 2.35. The zero-order valence-corrected chi connectivity index (χ0v) is 12.5. The first kappa shape index (κ1) is 16.1. The Morgan fingerprint density at radius 1 is 1.32 bits per heavy atom. The van der Waals surface area contributed by atoms with Gasteiger partial charge in [-0.2, -0.15) is 13.2 Å². The highest BCUT2D eigenvalue weighted by atomic mass is 19.4. The lowest BCUT2D eigenvalue weighted by Gasteiger charge is -2.10. The maximum absolute atomic E-state index is 13.1. The van der Waals surface area contributed by atoms with E-state index >= 15 is 0 Å². The van der Waals surface area contributed by atoms with E-state index in [9.17, 15) is 13.2 Å². The number of halogens is 3. The van der Waals surface area contributed by atoms with Gasteiger partial charge in [0.15, 0.2) is 0 Å². The first-order valence-corrected chi connectivity index (χ1v) is 6.93. The molecule has 0 aliphatic rings. The minimum atomic E-state index is -4.42. The highest BCUT2D eigenvalue weighted by Gasteiger charge is 2.33. The minimum absolute atomic E-state index is 0.0452. The Bertz CT molecular complexity index is 798. The fraction of sp³-hybridized carbons (Fsp3) is 0.235. The predicted molar refractivity (Wildman–Crippen MR) is 82.3 cm³/mol. The van der Waals surface area contributed by atoms with Crippen LogP contribution in [0.25, 0.3) is 23.0 Å². The first-order valence-electron chi connectivity index (χ1n) is 6.93. The van der Waals surface area contributed by atoms with Crippen LogP contribution in [-0.4, -0.2) is 9.97 Å². The van der Waals surface area contributed by atoms with Gasteiger partial charge in [0.05, 0.1) is 16.3 Å². The van der Waals surface area contributed by atoms with Crippen molar-refractivity contribution < 1.29 is 13.2 Å². The van der Waals surface area contributed by atoms with E-state index in [0.29, 0.717) is 10.7 Å². The molecule has 2 rings (SSSR count). The number of benzene rings is 1. The van der Waals surface area contributed by atoms with Crippen molar-refractivity contribution in [2.45, 2.75) is 26.4 Å². The topological polar surface area (TPSA) is 28.7 Å². The summed E-state index contributed by atoms with van der Waals surface area (Å²) in [4.78, 5) is 7.34. The second-order valence-electron chi connectivity index (χ2n) is 4.93. The zero-order valence-electron chi connectivity index (χ0n) is 12.5. The number of alkyl halides is 3. The molecule has 1 N–H and O–H groups in total. The van der Waals surface area contributed by atoms with Gasteiger partial charge in [-0.1, -0.05) is 37.8 Å². The smallest absolute Gasteiger partial charge is 0.338 e. The molecule has 0 unspecified atom stereocenters. The number of rotatable bonds is 3. The van der Waals surface area contributed by atoms with Crippen LogP contribution < -0.4 is 10.7 Å². The molecule has 22 heavy (non-hydrogen) atoms. The standard InChI is InChI=1S/C17H17F3N2/c1-4-8-14-15(11(3)5-2)22-16(21-14)12-9-6-7-10-13(12)17(18,19)20/h4,6-10H,1,5H2,2-3H3,(H,21,22)/b14-8+,15-11-. The maximum atomic E-state index is 13.1. The average molecular weight is 306 g/mol. The van der Waals surface area contributed by atoms with Gasteiger partial charge in [0, 0.05) is 5.56 Å². The van der Waals surface area contributed by atoms with Crippen LogP contribution in [0.5, 0.6) is 0 Å². The van der Waals surface area contributed by atoms with E-state index in [0.717, 1.165) is 18.1 Å². The van der Waals surface area contributed by atoms with Crippen molar-refractivity contribution in [2.24, 2.45) is 0 Å². The van der Waals surface area contributed by atoms with Crippen molar-refractivity contribution in [1.29, 1.82) is 0 Å². The van der Waals surface area contributed by atoms with Crippen LogP contribution in [0.4, 0.5) is 13.2 Å². The van der Waals surface area contributed by atoms with Gasteiger partial charge >= 0.3 is 6.18 Å². The van der Waals surface area contributed by atoms with Crippen molar-refractivity contribution in [1.82, 2.24) is 9.97 Å². The Hall–Kier alpha value is -2.30. The summed E-state index contributed by atoms with van der Waals surface area (Å²) < 4.78 is 39.4. The quantitative estimate of drug-likeness (QED) is 0.921. The normalized spacial score (nSPS) is 14.1. The summed E-state index contributed by atoms with van der Waals surface area (Å²) in [7, 11) is 0. The lowest BCUT2D eigenvalue weighted by molar-refractivity contribution is -0.137. The van der Waals surface area contributed by atoms with E-state index in [1.807, 2.05) is 13.8 Å². The van der Waals surface area contributed by atoms with E-state index in [2.05, 4.69) is 16.5 Å². The molecule has 0 spiro atoms. The second kappa shape index (κ2) is 6.22. The van der Waals surface area contributed by atoms with Crippen LogP contribution in [0, 0.1) is 0 Å². The molecule has 0 saturated heterocycles. The van der Waals surface area contributed by atoms with E-state index < -0.39 is 11.7 Å². The Kier molecular flexibility index (Phi) is 4.54. The van der Waals surface area contributed by atoms with E-state index in [-0.39, 0.29) is 11.4 Å². The summed E-state index contributed by atoms with van der Waals surface area (Å²) in [6.45, 7) is 7.52. The van der Waals surface area contributed by atoms with Crippen LogP contribution in [0.3, 0.4) is 0 Å². The number of hydrogen-bond donors (Lipinski definition) is 1. The summed E-state index contributed by atoms with van der Waals surface area (Å²) in [5, 5.41) is 1.34. The van der Waals surface area contributed by atoms with Crippen LogP contribution in [0.2, 0.25) is 0 Å². The Labute approximate surface area is 126 Å². The second-order valence-corrected chi connectivity index (χ2v) is 4.93. The van der Waals surface area contributed by atoms with E-state index in [4.69, 9.17) is 0 Å². The third-order valence-electron chi connectivity index (χ3n) is 3.44. The van der Waals surface area contributed by atoms with Crippen LogP contribution in [0.15, 0.2) is 36.9 Å². The van der Waals surface area contributed by atoms with Crippen LogP contribution in [-0.2, 0) is 6.18 Å². The van der Waals surface area contributed by atoms with Crippen LogP contribution >= 0.6 is 0 Å². The van der Waals surface area contributed by atoms with Gasteiger partial charge in [0.1, 0.15) is 5.82 Å². The zero-order chi connectivity index (χ0) is 16.3. The third-order valence-corrected chi connectivity index (χ3v) is 3.44. The van der Waals surface area contributed by atoms with Gasteiger partial charge < -0.3 is 4.98 Å². The SMILES string of the molecule is C=C/C=c1/[nH]c(-c2ccccc2C(F)(F)F)n/c1=C(/C)CC. The molecule has 0 bridgehead atoms. The summed E-state index contributed by atoms with van der Waals surface area (Å²) >= 11 is 0. The number of aromatic nitrogens is 2. The molecular formula is C17H17F3N2. The number of aromatic amines is 1. The number of imidazole rings is 1. The molecule has 1 aromatic carbocycles. The molecule has 2 aromatic rings. The summed E-state index contributed by atoms with van der Waals surface area (Å²) in [6, 6.07) is 5.42. The van der Waals surface area contributed by atoms with E-state index in [1.165, 1.54) is 12.1 Å². The molecule has 0 aliphatic heterocycles. The molecule has 0 fully saturated rings. The molecule has 0 atom stereocenters. The number of allylic oxidation sites excluding steroid dienone is 1. The first-order chi connectivity index (χ1) is 10.4. The van der Waals surface area contributed by atoms with Crippen molar-refractivity contribution in [3.63, 3.8) is 0 Å². The van der Waals surface area contributed by atoms with Crippen molar-refractivity contribution in [3.8, 4) is 11.4 Å². The van der Waals surface area contributed by atoms with Gasteiger partial charge in [-0.3, -0.25) is 0 Å². The summed E-state index contributed by atoms with van der Waals surface area (Å²) in [5.41, 5.74) is 0.346. The third kappa shape index (κ3) is 3.13. The monoisotopic (exact) mass is 306 g/mol. The van der Waals surface area contributed by atoms with Crippen molar-refractivity contribution >= 4 is 11.6 Å². The number of nitrogens with one attached hydrogen (secondary N) is 1. The molecule has 1 heterocycles. The molecule has 0 aliphatic carbocycles. The van der Waals surface area contributed by atoms with E-state index in [1.54, 1.807) is 18.2 Å². The molecule has 0 amide bonds. The maximum Gasteiger partial charge on any atom is 0.417 e. The summed E-state index contributed by atoms with van der Waals surface area (Å²) in [6.07, 6.45) is -0.362. The fourth-order valence-electron chi connectivity index (χ4n) is 2.18. The van der Waals surface area contributed by atoms with Crippen molar-refractivity contribution in [2.75, 3.05) is 0 Å². The summed E-state index contributed by atoms with van der Waals surface area (Å²) in [5.74, 6) is 0.212. The number of H-pyrrole nitrogens is 1.